The van der Waals surface area contributed by atoms with Gasteiger partial charge in [0.05, 0.1) is 0 Å². The lowest BCUT2D eigenvalue weighted by Crippen LogP contribution is -2.40. The lowest BCUT2D eigenvalue weighted by Gasteiger charge is -2.16. The van der Waals surface area contributed by atoms with Crippen molar-refractivity contribution in [3.63, 3.8) is 0 Å². The minimum absolute atomic E-state index is 0.147. The largest absolute Gasteiger partial charge is 0.378 e. The van der Waals surface area contributed by atoms with Crippen LogP contribution in [0.2, 0.25) is 0 Å². The van der Waals surface area contributed by atoms with Crippen LogP contribution in [0.25, 0.3) is 0 Å². The Morgan fingerprint density at radius 1 is 1.14 bits per heavy atom. The van der Waals surface area contributed by atoms with Crippen LogP contribution in [-0.2, 0) is 9.59 Å². The maximum absolute atomic E-state index is 12.3. The summed E-state index contributed by atoms with van der Waals surface area (Å²) in [7, 11) is 3.93. The Labute approximate surface area is 125 Å². The van der Waals surface area contributed by atoms with Crippen LogP contribution in [0.4, 0.5) is 11.4 Å². The predicted molar refractivity (Wildman–Crippen MR) is 84.4 cm³/mol. The first-order chi connectivity index (χ1) is 9.99. The molecule has 0 saturated heterocycles. The highest BCUT2D eigenvalue weighted by Crippen LogP contribution is 2.46. The molecule has 1 aromatic carbocycles. The number of carbonyl (C=O) groups excluding carboxylic acids is 2. The van der Waals surface area contributed by atoms with Gasteiger partial charge in [0.2, 0.25) is 11.8 Å². The van der Waals surface area contributed by atoms with E-state index < -0.39 is 5.41 Å². The Kier molecular flexibility index (Phi) is 4.50. The number of nitrogens with one attached hydrogen (secondary N) is 2. The average molecular weight is 289 g/mol. The summed E-state index contributed by atoms with van der Waals surface area (Å²) in [6.07, 6.45) is 2.13. The van der Waals surface area contributed by atoms with Gasteiger partial charge >= 0.3 is 0 Å². The van der Waals surface area contributed by atoms with Crippen molar-refractivity contribution in [1.29, 1.82) is 0 Å². The molecule has 1 aliphatic carbocycles. The normalized spacial score (nSPS) is 15.2. The van der Waals surface area contributed by atoms with E-state index in [0.717, 1.165) is 17.8 Å². The quantitative estimate of drug-likeness (QED) is 0.787. The van der Waals surface area contributed by atoms with Gasteiger partial charge in [-0.25, -0.2) is 0 Å². The number of hydrogen-bond donors (Lipinski definition) is 2. The van der Waals surface area contributed by atoms with E-state index in [4.69, 9.17) is 0 Å². The van der Waals surface area contributed by atoms with Gasteiger partial charge in [-0.05, 0) is 43.5 Å². The highest BCUT2D eigenvalue weighted by atomic mass is 16.2. The molecule has 21 heavy (non-hydrogen) atoms. The zero-order valence-corrected chi connectivity index (χ0v) is 12.9. The molecule has 5 nitrogen and oxygen atoms in total. The maximum atomic E-state index is 12.3. The molecular formula is C16H23N3O2. The Hall–Kier alpha value is -2.04. The fraction of sp³-hybridized carbons (Fsp3) is 0.500. The van der Waals surface area contributed by atoms with Crippen molar-refractivity contribution in [1.82, 2.24) is 5.32 Å². The number of nitrogens with zero attached hydrogens (tertiary/aromatic N) is 1. The van der Waals surface area contributed by atoms with Crippen LogP contribution in [0, 0.1) is 5.41 Å². The number of benzene rings is 1. The number of carbonyl (C=O) groups is 2. The van der Waals surface area contributed by atoms with Gasteiger partial charge < -0.3 is 15.5 Å². The van der Waals surface area contributed by atoms with Crippen LogP contribution in [-0.4, -0.2) is 32.5 Å². The molecule has 0 bridgehead atoms. The SMILES string of the molecule is CCCNC(=O)C1(C(=O)Nc2ccc(N(C)C)cc2)CC1. The summed E-state index contributed by atoms with van der Waals surface area (Å²) in [6, 6.07) is 7.58. The molecule has 2 rings (SSSR count). The molecule has 1 aliphatic rings. The first-order valence-corrected chi connectivity index (χ1v) is 7.37. The topological polar surface area (TPSA) is 61.4 Å². The molecule has 0 spiro atoms. The van der Waals surface area contributed by atoms with Gasteiger partial charge in [0.15, 0.2) is 0 Å². The van der Waals surface area contributed by atoms with Crippen molar-refractivity contribution in [2.45, 2.75) is 26.2 Å². The van der Waals surface area contributed by atoms with Gasteiger partial charge in [0, 0.05) is 32.0 Å². The van der Waals surface area contributed by atoms with Crippen molar-refractivity contribution in [3.8, 4) is 0 Å². The van der Waals surface area contributed by atoms with Gasteiger partial charge in [0.1, 0.15) is 5.41 Å². The van der Waals surface area contributed by atoms with E-state index in [1.165, 1.54) is 0 Å². The molecule has 2 amide bonds. The van der Waals surface area contributed by atoms with E-state index in [2.05, 4.69) is 10.6 Å². The molecule has 0 atom stereocenters. The molecule has 5 heteroatoms. The van der Waals surface area contributed by atoms with E-state index in [9.17, 15) is 9.59 Å². The molecule has 114 valence electrons. The summed E-state index contributed by atoms with van der Waals surface area (Å²) >= 11 is 0. The van der Waals surface area contributed by atoms with Crippen molar-refractivity contribution in [2.24, 2.45) is 5.41 Å². The Balaban J connectivity index is 1.99. The summed E-state index contributed by atoms with van der Waals surface area (Å²) in [6.45, 7) is 2.61. The number of anilines is 2. The number of hydrogen-bond acceptors (Lipinski definition) is 3. The third-order valence-corrected chi connectivity index (χ3v) is 3.80. The zero-order chi connectivity index (χ0) is 15.5. The van der Waals surface area contributed by atoms with Crippen molar-refractivity contribution in [3.05, 3.63) is 24.3 Å². The van der Waals surface area contributed by atoms with E-state index >= 15 is 0 Å². The van der Waals surface area contributed by atoms with Gasteiger partial charge in [0.25, 0.3) is 0 Å². The van der Waals surface area contributed by atoms with Crippen molar-refractivity contribution < 1.29 is 9.59 Å². The standard InChI is InChI=1S/C16H23N3O2/c1-4-11-17-14(20)16(9-10-16)15(21)18-12-5-7-13(8-6-12)19(2)3/h5-8H,4,9-11H2,1-3H3,(H,17,20)(H,18,21). The van der Waals surface area contributed by atoms with Crippen LogP contribution < -0.4 is 15.5 Å². The Morgan fingerprint density at radius 2 is 1.76 bits per heavy atom. The fourth-order valence-corrected chi connectivity index (χ4v) is 2.18. The van der Waals surface area contributed by atoms with Crippen molar-refractivity contribution >= 4 is 23.2 Å². The molecule has 0 heterocycles. The van der Waals surface area contributed by atoms with Crippen molar-refractivity contribution in [2.75, 3.05) is 30.9 Å². The molecule has 0 aromatic heterocycles. The van der Waals surface area contributed by atoms with Crippen LogP contribution in [0.1, 0.15) is 26.2 Å². The van der Waals surface area contributed by atoms with E-state index in [0.29, 0.717) is 19.4 Å². The lowest BCUT2D eigenvalue weighted by atomic mass is 10.0. The summed E-state index contributed by atoms with van der Waals surface area (Å²) in [5, 5.41) is 5.67. The minimum atomic E-state index is -0.852. The third kappa shape index (κ3) is 3.35. The second-order valence-corrected chi connectivity index (χ2v) is 5.73. The highest BCUT2D eigenvalue weighted by molar-refractivity contribution is 6.13. The smallest absolute Gasteiger partial charge is 0.240 e. The fourth-order valence-electron chi connectivity index (χ4n) is 2.18. The van der Waals surface area contributed by atoms with E-state index in [1.54, 1.807) is 0 Å². The minimum Gasteiger partial charge on any atom is -0.378 e. The average Bonchev–Trinajstić information content (AvgIpc) is 3.27. The van der Waals surface area contributed by atoms with Crippen LogP contribution in [0.3, 0.4) is 0 Å². The summed E-state index contributed by atoms with van der Waals surface area (Å²) in [5.41, 5.74) is 0.935. The van der Waals surface area contributed by atoms with Crippen LogP contribution in [0.5, 0.6) is 0 Å². The Morgan fingerprint density at radius 3 is 2.24 bits per heavy atom. The van der Waals surface area contributed by atoms with Crippen LogP contribution in [0.15, 0.2) is 24.3 Å². The molecular weight excluding hydrogens is 266 g/mol. The maximum Gasteiger partial charge on any atom is 0.240 e. The highest BCUT2D eigenvalue weighted by Gasteiger charge is 2.56. The van der Waals surface area contributed by atoms with E-state index in [-0.39, 0.29) is 11.8 Å². The number of rotatable bonds is 6. The van der Waals surface area contributed by atoms with E-state index in [1.807, 2.05) is 50.2 Å². The lowest BCUT2D eigenvalue weighted by molar-refractivity contribution is -0.134. The summed E-state index contributed by atoms with van der Waals surface area (Å²) in [4.78, 5) is 26.4. The van der Waals surface area contributed by atoms with Crippen LogP contribution >= 0.6 is 0 Å². The first-order valence-electron chi connectivity index (χ1n) is 7.37. The molecule has 1 saturated carbocycles. The molecule has 0 unspecified atom stereocenters. The summed E-state index contributed by atoms with van der Waals surface area (Å²) in [5.74, 6) is -0.347. The number of amides is 2. The third-order valence-electron chi connectivity index (χ3n) is 3.80. The van der Waals surface area contributed by atoms with Gasteiger partial charge in [-0.1, -0.05) is 6.92 Å². The molecule has 2 N–H and O–H groups in total. The summed E-state index contributed by atoms with van der Waals surface area (Å²) < 4.78 is 0. The zero-order valence-electron chi connectivity index (χ0n) is 12.9. The first kappa shape index (κ1) is 15.4. The monoisotopic (exact) mass is 289 g/mol. The van der Waals surface area contributed by atoms with Gasteiger partial charge in [-0.2, -0.15) is 0 Å². The molecule has 1 aromatic rings. The molecule has 1 fully saturated rings. The predicted octanol–water partition coefficient (Wildman–Crippen LogP) is 2.00. The molecule has 0 radical (unpaired) electrons. The van der Waals surface area contributed by atoms with Gasteiger partial charge in [-0.15, -0.1) is 0 Å². The van der Waals surface area contributed by atoms with Gasteiger partial charge in [-0.3, -0.25) is 9.59 Å². The Bertz CT molecular complexity index is 519. The molecule has 0 aliphatic heterocycles. The second kappa shape index (κ2) is 6.16. The second-order valence-electron chi connectivity index (χ2n) is 5.73.